The van der Waals surface area contributed by atoms with Crippen molar-refractivity contribution >= 4 is 0 Å². The highest BCUT2D eigenvalue weighted by Gasteiger charge is 1.95. The predicted octanol–water partition coefficient (Wildman–Crippen LogP) is 2.01. The zero-order valence-electron chi connectivity index (χ0n) is 8.49. The first-order valence-electron chi connectivity index (χ1n) is 4.90. The lowest BCUT2D eigenvalue weighted by atomic mass is 10.4. The van der Waals surface area contributed by atoms with E-state index < -0.39 is 0 Å². The fourth-order valence-corrected chi connectivity index (χ4v) is 1.15. The predicted molar refractivity (Wildman–Crippen MR) is 52.7 cm³/mol. The van der Waals surface area contributed by atoms with Crippen molar-refractivity contribution < 1.29 is 4.74 Å². The van der Waals surface area contributed by atoms with Crippen LogP contribution in [0.3, 0.4) is 0 Å². The van der Waals surface area contributed by atoms with Gasteiger partial charge in [0.15, 0.2) is 0 Å². The third-order valence-corrected chi connectivity index (χ3v) is 2.04. The van der Waals surface area contributed by atoms with Gasteiger partial charge in [-0.15, -0.1) is 0 Å². The number of nitrogens with zero attached hydrogens (tertiary/aromatic N) is 2. The SMILES string of the molecule is CCCCOCCn1ccnc1C. The van der Waals surface area contributed by atoms with E-state index in [9.17, 15) is 0 Å². The van der Waals surface area contributed by atoms with Gasteiger partial charge in [0, 0.05) is 25.5 Å². The molecule has 0 aromatic carbocycles. The van der Waals surface area contributed by atoms with Gasteiger partial charge in [0.25, 0.3) is 0 Å². The Kier molecular flexibility index (Phi) is 4.54. The smallest absolute Gasteiger partial charge is 0.105 e. The lowest BCUT2D eigenvalue weighted by molar-refractivity contribution is 0.123. The zero-order chi connectivity index (χ0) is 9.52. The maximum absolute atomic E-state index is 5.45. The Bertz CT molecular complexity index is 233. The second kappa shape index (κ2) is 5.75. The van der Waals surface area contributed by atoms with E-state index in [2.05, 4.69) is 16.5 Å². The number of hydrogen-bond donors (Lipinski definition) is 0. The van der Waals surface area contributed by atoms with Crippen molar-refractivity contribution in [1.29, 1.82) is 0 Å². The molecule has 13 heavy (non-hydrogen) atoms. The second-order valence-corrected chi connectivity index (χ2v) is 3.13. The molecular formula is C10H18N2O. The summed E-state index contributed by atoms with van der Waals surface area (Å²) in [5.74, 6) is 1.05. The number of rotatable bonds is 6. The molecule has 0 aliphatic heterocycles. The fraction of sp³-hybridized carbons (Fsp3) is 0.700. The molecule has 0 saturated carbocycles. The Morgan fingerprint density at radius 3 is 2.92 bits per heavy atom. The van der Waals surface area contributed by atoms with Crippen LogP contribution in [0, 0.1) is 6.92 Å². The van der Waals surface area contributed by atoms with Gasteiger partial charge >= 0.3 is 0 Å². The topological polar surface area (TPSA) is 27.1 Å². The molecule has 0 unspecified atom stereocenters. The third kappa shape index (κ3) is 3.59. The molecule has 0 saturated heterocycles. The van der Waals surface area contributed by atoms with E-state index >= 15 is 0 Å². The summed E-state index contributed by atoms with van der Waals surface area (Å²) in [6.45, 7) is 6.76. The Morgan fingerprint density at radius 1 is 1.46 bits per heavy atom. The number of aromatic nitrogens is 2. The van der Waals surface area contributed by atoms with Gasteiger partial charge in [-0.3, -0.25) is 0 Å². The van der Waals surface area contributed by atoms with Crippen LogP contribution in [0.25, 0.3) is 0 Å². The summed E-state index contributed by atoms with van der Waals surface area (Å²) in [7, 11) is 0. The molecule has 0 aliphatic rings. The summed E-state index contributed by atoms with van der Waals surface area (Å²) in [5.41, 5.74) is 0. The van der Waals surface area contributed by atoms with Gasteiger partial charge in [-0.2, -0.15) is 0 Å². The maximum atomic E-state index is 5.45. The van der Waals surface area contributed by atoms with Crippen LogP contribution in [0.4, 0.5) is 0 Å². The zero-order valence-corrected chi connectivity index (χ0v) is 8.49. The van der Waals surface area contributed by atoms with Crippen molar-refractivity contribution in [1.82, 2.24) is 9.55 Å². The first-order valence-corrected chi connectivity index (χ1v) is 4.90. The molecule has 0 atom stereocenters. The normalized spacial score (nSPS) is 10.6. The van der Waals surface area contributed by atoms with Crippen LogP contribution >= 0.6 is 0 Å². The number of ether oxygens (including phenoxy) is 1. The minimum Gasteiger partial charge on any atom is -0.380 e. The molecular weight excluding hydrogens is 164 g/mol. The van der Waals surface area contributed by atoms with Crippen molar-refractivity contribution in [2.24, 2.45) is 0 Å². The first kappa shape index (κ1) is 10.3. The maximum Gasteiger partial charge on any atom is 0.105 e. The standard InChI is InChI=1S/C10H18N2O/c1-3-4-8-13-9-7-12-6-5-11-10(12)2/h5-6H,3-4,7-9H2,1-2H3. The summed E-state index contributed by atoms with van der Waals surface area (Å²) in [6, 6.07) is 0. The van der Waals surface area contributed by atoms with Crippen molar-refractivity contribution in [2.45, 2.75) is 33.2 Å². The Morgan fingerprint density at radius 2 is 2.31 bits per heavy atom. The molecule has 0 spiro atoms. The number of unbranched alkanes of at least 4 members (excludes halogenated alkanes) is 1. The van der Waals surface area contributed by atoms with Gasteiger partial charge < -0.3 is 9.30 Å². The molecule has 74 valence electrons. The molecule has 3 heteroatoms. The van der Waals surface area contributed by atoms with Crippen molar-refractivity contribution in [3.8, 4) is 0 Å². The van der Waals surface area contributed by atoms with Crippen LogP contribution in [0.15, 0.2) is 12.4 Å². The molecule has 0 N–H and O–H groups in total. The summed E-state index contributed by atoms with van der Waals surface area (Å²) in [5, 5.41) is 0. The molecule has 0 aliphatic carbocycles. The van der Waals surface area contributed by atoms with E-state index in [-0.39, 0.29) is 0 Å². The molecule has 3 nitrogen and oxygen atoms in total. The average molecular weight is 182 g/mol. The van der Waals surface area contributed by atoms with Gasteiger partial charge in [0.2, 0.25) is 0 Å². The molecule has 0 amide bonds. The third-order valence-electron chi connectivity index (χ3n) is 2.04. The molecule has 1 aromatic rings. The van der Waals surface area contributed by atoms with Gasteiger partial charge in [-0.05, 0) is 13.3 Å². The molecule has 1 rings (SSSR count). The van der Waals surface area contributed by atoms with Crippen LogP contribution in [0.2, 0.25) is 0 Å². The summed E-state index contributed by atoms with van der Waals surface area (Å²) >= 11 is 0. The van der Waals surface area contributed by atoms with E-state index in [4.69, 9.17) is 4.74 Å². The van der Waals surface area contributed by atoms with E-state index in [1.165, 1.54) is 6.42 Å². The highest BCUT2D eigenvalue weighted by molar-refractivity contribution is 4.87. The quantitative estimate of drug-likeness (QED) is 0.629. The van der Waals surface area contributed by atoms with E-state index in [0.29, 0.717) is 0 Å². The van der Waals surface area contributed by atoms with Crippen LogP contribution in [0.5, 0.6) is 0 Å². The summed E-state index contributed by atoms with van der Waals surface area (Å²) in [4.78, 5) is 4.14. The van der Waals surface area contributed by atoms with Crippen LogP contribution in [0.1, 0.15) is 25.6 Å². The number of aryl methyl sites for hydroxylation is 1. The van der Waals surface area contributed by atoms with Crippen LogP contribution in [-0.2, 0) is 11.3 Å². The highest BCUT2D eigenvalue weighted by atomic mass is 16.5. The molecule has 0 fully saturated rings. The Hall–Kier alpha value is -0.830. The van der Waals surface area contributed by atoms with Crippen LogP contribution < -0.4 is 0 Å². The first-order chi connectivity index (χ1) is 6.34. The second-order valence-electron chi connectivity index (χ2n) is 3.13. The van der Waals surface area contributed by atoms with Gasteiger partial charge in [0.1, 0.15) is 5.82 Å². The monoisotopic (exact) mass is 182 g/mol. The average Bonchev–Trinajstić information content (AvgIpc) is 2.52. The highest BCUT2D eigenvalue weighted by Crippen LogP contribution is 1.95. The molecule has 0 bridgehead atoms. The van der Waals surface area contributed by atoms with Gasteiger partial charge in [-0.1, -0.05) is 13.3 Å². The lowest BCUT2D eigenvalue weighted by Crippen LogP contribution is -2.07. The molecule has 1 heterocycles. The van der Waals surface area contributed by atoms with Crippen LogP contribution in [-0.4, -0.2) is 22.8 Å². The molecule has 0 radical (unpaired) electrons. The Balaban J connectivity index is 2.10. The van der Waals surface area contributed by atoms with E-state index in [1.54, 1.807) is 0 Å². The minimum atomic E-state index is 0.789. The van der Waals surface area contributed by atoms with Crippen molar-refractivity contribution in [2.75, 3.05) is 13.2 Å². The number of hydrogen-bond acceptors (Lipinski definition) is 2. The largest absolute Gasteiger partial charge is 0.380 e. The molecule has 1 aromatic heterocycles. The van der Waals surface area contributed by atoms with Gasteiger partial charge in [0.05, 0.1) is 6.61 Å². The summed E-state index contributed by atoms with van der Waals surface area (Å²) < 4.78 is 7.56. The summed E-state index contributed by atoms with van der Waals surface area (Å²) in [6.07, 6.45) is 6.16. The van der Waals surface area contributed by atoms with E-state index in [1.807, 2.05) is 19.3 Å². The Labute approximate surface area is 79.7 Å². The van der Waals surface area contributed by atoms with E-state index in [0.717, 1.165) is 32.0 Å². The van der Waals surface area contributed by atoms with Crippen molar-refractivity contribution in [3.05, 3.63) is 18.2 Å². The minimum absolute atomic E-state index is 0.789. The lowest BCUT2D eigenvalue weighted by Gasteiger charge is -2.05. The van der Waals surface area contributed by atoms with Gasteiger partial charge in [-0.25, -0.2) is 4.98 Å². The number of imidazole rings is 1. The van der Waals surface area contributed by atoms with Crippen molar-refractivity contribution in [3.63, 3.8) is 0 Å². The fourth-order valence-electron chi connectivity index (χ4n) is 1.15.